The van der Waals surface area contributed by atoms with Gasteiger partial charge in [0.15, 0.2) is 0 Å². The van der Waals surface area contributed by atoms with Gasteiger partial charge in [-0.1, -0.05) is 0 Å². The zero-order valence-electron chi connectivity index (χ0n) is 6.93. The molecule has 0 fully saturated rings. The predicted octanol–water partition coefficient (Wildman–Crippen LogP) is 1.36. The molecule has 0 amide bonds. The normalized spacial score (nSPS) is 14.2. The average Bonchev–Trinajstić information content (AvgIpc) is 2.62. The first-order valence-electron chi connectivity index (χ1n) is 4.30. The van der Waals surface area contributed by atoms with E-state index >= 15 is 0 Å². The lowest BCUT2D eigenvalue weighted by atomic mass is 10.1. The van der Waals surface area contributed by atoms with Crippen molar-refractivity contribution in [2.75, 3.05) is 6.54 Å². The van der Waals surface area contributed by atoms with Crippen LogP contribution >= 0.6 is 0 Å². The number of H-pyrrole nitrogens is 1. The Bertz CT molecular complexity index is 319. The van der Waals surface area contributed by atoms with Crippen molar-refractivity contribution in [3.8, 4) is 0 Å². The fourth-order valence-electron chi connectivity index (χ4n) is 1.76. The van der Waals surface area contributed by atoms with Gasteiger partial charge in [-0.25, -0.2) is 6.57 Å². The van der Waals surface area contributed by atoms with E-state index in [0.29, 0.717) is 6.54 Å². The zero-order valence-corrected chi connectivity index (χ0v) is 6.93. The summed E-state index contributed by atoms with van der Waals surface area (Å²) in [4.78, 5) is 3.33. The Morgan fingerprint density at radius 3 is 3.25 bits per heavy atom. The number of nitrogens with zero attached hydrogens (tertiary/aromatic N) is 2. The van der Waals surface area contributed by atoms with Crippen molar-refractivity contribution < 1.29 is 0 Å². The van der Waals surface area contributed by atoms with Crippen LogP contribution in [0.5, 0.6) is 0 Å². The maximum atomic E-state index is 6.69. The number of rotatable bonds is 2. The van der Waals surface area contributed by atoms with E-state index in [2.05, 4.69) is 15.0 Å². The third-order valence-electron chi connectivity index (χ3n) is 2.35. The highest BCUT2D eigenvalue weighted by Crippen LogP contribution is 2.22. The summed E-state index contributed by atoms with van der Waals surface area (Å²) in [6, 6.07) is 0. The molecule has 0 saturated carbocycles. The molecule has 0 bridgehead atoms. The second kappa shape index (κ2) is 2.98. The molecule has 1 heterocycles. The smallest absolute Gasteiger partial charge is 0.220 e. The van der Waals surface area contributed by atoms with Crippen LogP contribution in [0.4, 0.5) is 0 Å². The van der Waals surface area contributed by atoms with Crippen LogP contribution in [0.2, 0.25) is 0 Å². The Morgan fingerprint density at radius 2 is 2.42 bits per heavy atom. The van der Waals surface area contributed by atoms with Gasteiger partial charge in [0.2, 0.25) is 6.54 Å². The number of nitrogens with one attached hydrogen (secondary N) is 1. The van der Waals surface area contributed by atoms with Gasteiger partial charge in [0, 0.05) is 5.69 Å². The molecular formula is C9H11N3. The fraction of sp³-hybridized carbons (Fsp3) is 0.556. The van der Waals surface area contributed by atoms with E-state index in [0.717, 1.165) is 25.0 Å². The van der Waals surface area contributed by atoms with E-state index in [1.807, 2.05) is 0 Å². The van der Waals surface area contributed by atoms with Crippen LogP contribution in [0.15, 0.2) is 0 Å². The van der Waals surface area contributed by atoms with Gasteiger partial charge in [-0.05, 0) is 24.8 Å². The van der Waals surface area contributed by atoms with Gasteiger partial charge in [0.05, 0.1) is 12.1 Å². The molecule has 62 valence electrons. The van der Waals surface area contributed by atoms with Crippen LogP contribution in [0.3, 0.4) is 0 Å². The van der Waals surface area contributed by atoms with Gasteiger partial charge in [-0.3, -0.25) is 5.10 Å². The Morgan fingerprint density at radius 1 is 1.50 bits per heavy atom. The number of hydrogen-bond acceptors (Lipinski definition) is 1. The lowest BCUT2D eigenvalue weighted by molar-refractivity contribution is 0.836. The second-order valence-corrected chi connectivity index (χ2v) is 3.11. The molecule has 3 nitrogen and oxygen atoms in total. The fourth-order valence-corrected chi connectivity index (χ4v) is 1.76. The third kappa shape index (κ3) is 1.10. The second-order valence-electron chi connectivity index (χ2n) is 3.11. The Kier molecular flexibility index (Phi) is 1.83. The Balaban J connectivity index is 2.17. The molecule has 1 aromatic rings. The largest absolute Gasteiger partial charge is 0.317 e. The molecule has 12 heavy (non-hydrogen) atoms. The average molecular weight is 161 g/mol. The first-order chi connectivity index (χ1) is 5.92. The van der Waals surface area contributed by atoms with Crippen molar-refractivity contribution in [1.29, 1.82) is 0 Å². The van der Waals surface area contributed by atoms with Gasteiger partial charge >= 0.3 is 0 Å². The predicted molar refractivity (Wildman–Crippen MR) is 45.8 cm³/mol. The summed E-state index contributed by atoms with van der Waals surface area (Å²) < 4.78 is 0. The van der Waals surface area contributed by atoms with Crippen molar-refractivity contribution in [3.05, 3.63) is 28.4 Å². The summed E-state index contributed by atoms with van der Waals surface area (Å²) in [6.07, 6.45) is 4.35. The Hall–Kier alpha value is -1.30. The Labute approximate surface area is 71.6 Å². The maximum absolute atomic E-state index is 6.69. The highest BCUT2D eigenvalue weighted by molar-refractivity contribution is 5.29. The molecule has 0 aromatic carbocycles. The summed E-state index contributed by atoms with van der Waals surface area (Å²) in [5, 5.41) is 7.25. The summed E-state index contributed by atoms with van der Waals surface area (Å²) in [5.41, 5.74) is 3.81. The van der Waals surface area contributed by atoms with Crippen LogP contribution in [0, 0.1) is 6.57 Å². The topological polar surface area (TPSA) is 33.0 Å². The molecule has 0 atom stereocenters. The first kappa shape index (κ1) is 7.35. The van der Waals surface area contributed by atoms with Gasteiger partial charge < -0.3 is 4.85 Å². The minimum Gasteiger partial charge on any atom is -0.317 e. The van der Waals surface area contributed by atoms with Crippen LogP contribution in [-0.4, -0.2) is 16.7 Å². The molecule has 1 aromatic heterocycles. The zero-order chi connectivity index (χ0) is 8.39. The first-order valence-corrected chi connectivity index (χ1v) is 4.30. The van der Waals surface area contributed by atoms with E-state index in [4.69, 9.17) is 6.57 Å². The van der Waals surface area contributed by atoms with Crippen molar-refractivity contribution in [2.24, 2.45) is 0 Å². The maximum Gasteiger partial charge on any atom is 0.220 e. The molecule has 3 heteroatoms. The standard InChI is InChI=1S/C9H11N3/c1-10-6-5-9-7-3-2-4-8(7)11-12-9/h2-6H2,(H,11,12). The monoisotopic (exact) mass is 161 g/mol. The van der Waals surface area contributed by atoms with Crippen LogP contribution < -0.4 is 0 Å². The molecule has 0 unspecified atom stereocenters. The van der Waals surface area contributed by atoms with Gasteiger partial charge in [-0.15, -0.1) is 0 Å². The van der Waals surface area contributed by atoms with Crippen LogP contribution in [0.1, 0.15) is 23.4 Å². The molecule has 1 aliphatic carbocycles. The van der Waals surface area contributed by atoms with E-state index < -0.39 is 0 Å². The summed E-state index contributed by atoms with van der Waals surface area (Å²) >= 11 is 0. The molecule has 1 N–H and O–H groups in total. The van der Waals surface area contributed by atoms with Crippen LogP contribution in [-0.2, 0) is 19.3 Å². The molecule has 1 aliphatic rings. The third-order valence-corrected chi connectivity index (χ3v) is 2.35. The van der Waals surface area contributed by atoms with Crippen LogP contribution in [0.25, 0.3) is 4.85 Å². The minimum atomic E-state index is 0.567. The highest BCUT2D eigenvalue weighted by Gasteiger charge is 2.18. The molecular weight excluding hydrogens is 150 g/mol. The molecule has 2 rings (SSSR count). The molecule has 0 saturated heterocycles. The SMILES string of the molecule is [C-]#[N+]CCc1n[nH]c2c1CCC2. The van der Waals surface area contributed by atoms with Crippen molar-refractivity contribution in [2.45, 2.75) is 25.7 Å². The molecule has 0 radical (unpaired) electrons. The summed E-state index contributed by atoms with van der Waals surface area (Å²) in [5.74, 6) is 0. The number of fused-ring (bicyclic) bond motifs is 1. The number of hydrogen-bond donors (Lipinski definition) is 1. The number of aromatic nitrogens is 2. The summed E-state index contributed by atoms with van der Waals surface area (Å²) in [7, 11) is 0. The minimum absolute atomic E-state index is 0.567. The van der Waals surface area contributed by atoms with Crippen molar-refractivity contribution in [1.82, 2.24) is 10.2 Å². The lowest BCUT2D eigenvalue weighted by Crippen LogP contribution is -1.92. The highest BCUT2D eigenvalue weighted by atomic mass is 15.1. The van der Waals surface area contributed by atoms with Gasteiger partial charge in [0.25, 0.3) is 0 Å². The van der Waals surface area contributed by atoms with E-state index in [1.165, 1.54) is 17.7 Å². The van der Waals surface area contributed by atoms with Gasteiger partial charge in [0.1, 0.15) is 0 Å². The lowest BCUT2D eigenvalue weighted by Gasteiger charge is -1.91. The van der Waals surface area contributed by atoms with E-state index in [-0.39, 0.29) is 0 Å². The van der Waals surface area contributed by atoms with E-state index in [1.54, 1.807) is 0 Å². The van der Waals surface area contributed by atoms with Gasteiger partial charge in [-0.2, -0.15) is 5.10 Å². The van der Waals surface area contributed by atoms with Crippen molar-refractivity contribution >= 4 is 0 Å². The number of aryl methyl sites for hydroxylation is 1. The molecule has 0 spiro atoms. The summed E-state index contributed by atoms with van der Waals surface area (Å²) in [6.45, 7) is 7.26. The van der Waals surface area contributed by atoms with Crippen molar-refractivity contribution in [3.63, 3.8) is 0 Å². The number of aromatic amines is 1. The molecule has 0 aliphatic heterocycles. The quantitative estimate of drug-likeness (QED) is 0.653. The van der Waals surface area contributed by atoms with E-state index in [9.17, 15) is 0 Å².